The topological polar surface area (TPSA) is 26.3 Å². The van der Waals surface area contributed by atoms with Crippen LogP contribution in [0.2, 0.25) is 0 Å². The van der Waals surface area contributed by atoms with Gasteiger partial charge in [0.1, 0.15) is 12.4 Å². The fourth-order valence-corrected chi connectivity index (χ4v) is 1.55. The Labute approximate surface area is 101 Å². The fraction of sp³-hybridized carbons (Fsp3) is 0.133. The Kier molecular flexibility index (Phi) is 3.55. The number of carbonyl (C=O) groups excluding carboxylic acids is 1. The summed E-state index contributed by atoms with van der Waals surface area (Å²) >= 11 is 0. The molecule has 2 heteroatoms. The number of aryl methyl sites for hydroxylation is 1. The Balaban J connectivity index is 2.05. The predicted octanol–water partition coefficient (Wildman–Crippen LogP) is 3.19. The molecule has 0 aliphatic rings. The molecule has 0 aliphatic heterocycles. The van der Waals surface area contributed by atoms with Crippen LogP contribution < -0.4 is 4.74 Å². The lowest BCUT2D eigenvalue weighted by molar-refractivity contribution is 0.112. The lowest BCUT2D eigenvalue weighted by atomic mass is 10.1. The van der Waals surface area contributed by atoms with E-state index in [0.717, 1.165) is 23.2 Å². The van der Waals surface area contributed by atoms with E-state index in [1.165, 1.54) is 0 Å². The van der Waals surface area contributed by atoms with Gasteiger partial charge in [0.05, 0.1) is 0 Å². The highest BCUT2D eigenvalue weighted by Gasteiger charge is 2.00. The maximum absolute atomic E-state index is 10.6. The Bertz CT molecular complexity index is 504. The highest BCUT2D eigenvalue weighted by molar-refractivity contribution is 5.76. The van der Waals surface area contributed by atoms with Crippen molar-refractivity contribution in [2.75, 3.05) is 0 Å². The van der Waals surface area contributed by atoms with Crippen molar-refractivity contribution in [1.29, 1.82) is 0 Å². The van der Waals surface area contributed by atoms with E-state index in [0.29, 0.717) is 12.2 Å². The molecule has 0 bridgehead atoms. The molecule has 2 nitrogen and oxygen atoms in total. The molecular weight excluding hydrogens is 212 g/mol. The third kappa shape index (κ3) is 2.94. The normalized spacial score (nSPS) is 9.94. The van der Waals surface area contributed by atoms with E-state index in [1.807, 2.05) is 43.3 Å². The standard InChI is InChI=1S/C15H13O2/c1-12-9-15(8-7-14(12)10-16)17-11-13-5-3-2-4-6-13/h2-6,8-10H,11H2,1H3. The number of hydrogen-bond acceptors (Lipinski definition) is 2. The van der Waals surface area contributed by atoms with Crippen molar-refractivity contribution in [1.82, 2.24) is 0 Å². The second-order valence-electron chi connectivity index (χ2n) is 3.82. The van der Waals surface area contributed by atoms with E-state index in [1.54, 1.807) is 6.07 Å². The summed E-state index contributed by atoms with van der Waals surface area (Å²) in [6.07, 6.45) is 0.802. The van der Waals surface area contributed by atoms with Crippen LogP contribution in [0.4, 0.5) is 0 Å². The molecule has 2 rings (SSSR count). The molecule has 0 heterocycles. The third-order valence-corrected chi connectivity index (χ3v) is 2.52. The quantitative estimate of drug-likeness (QED) is 0.747. The van der Waals surface area contributed by atoms with Crippen molar-refractivity contribution in [3.05, 3.63) is 65.2 Å². The van der Waals surface area contributed by atoms with Gasteiger partial charge in [-0.05, 0) is 36.2 Å². The third-order valence-electron chi connectivity index (χ3n) is 2.52. The van der Waals surface area contributed by atoms with Crippen LogP contribution in [0.5, 0.6) is 5.75 Å². The molecule has 0 atom stereocenters. The van der Waals surface area contributed by atoms with E-state index >= 15 is 0 Å². The van der Waals surface area contributed by atoms with E-state index in [9.17, 15) is 4.79 Å². The van der Waals surface area contributed by atoms with Crippen LogP contribution in [0, 0.1) is 13.0 Å². The molecule has 1 radical (unpaired) electrons. The second-order valence-corrected chi connectivity index (χ2v) is 3.82. The number of benzene rings is 2. The van der Waals surface area contributed by atoms with Gasteiger partial charge < -0.3 is 4.74 Å². The maximum Gasteiger partial charge on any atom is 0.150 e. The molecule has 0 saturated carbocycles. The molecular formula is C15H13O2. The maximum atomic E-state index is 10.6. The average Bonchev–Trinajstić information content (AvgIpc) is 2.38. The van der Waals surface area contributed by atoms with Crippen molar-refractivity contribution in [2.24, 2.45) is 0 Å². The summed E-state index contributed by atoms with van der Waals surface area (Å²) in [7, 11) is 0. The summed E-state index contributed by atoms with van der Waals surface area (Å²) in [5.74, 6) is 0.733. The van der Waals surface area contributed by atoms with Crippen LogP contribution in [0.25, 0.3) is 0 Å². The zero-order valence-electron chi connectivity index (χ0n) is 9.64. The van der Waals surface area contributed by atoms with Crippen LogP contribution in [0.3, 0.4) is 0 Å². The molecule has 0 saturated heterocycles. The van der Waals surface area contributed by atoms with Crippen LogP contribution >= 0.6 is 0 Å². The molecule has 17 heavy (non-hydrogen) atoms. The Hall–Kier alpha value is -2.09. The first-order valence-electron chi connectivity index (χ1n) is 5.44. The molecule has 0 unspecified atom stereocenters. The van der Waals surface area contributed by atoms with Crippen molar-refractivity contribution in [2.45, 2.75) is 13.5 Å². The summed E-state index contributed by atoms with van der Waals surface area (Å²) in [6, 6.07) is 16.4. The van der Waals surface area contributed by atoms with E-state index in [4.69, 9.17) is 4.74 Å². The van der Waals surface area contributed by atoms with Gasteiger partial charge in [-0.2, -0.15) is 0 Å². The average molecular weight is 225 g/mol. The van der Waals surface area contributed by atoms with Gasteiger partial charge in [-0.25, -0.2) is 0 Å². The minimum Gasteiger partial charge on any atom is -0.489 e. The monoisotopic (exact) mass is 225 g/mol. The van der Waals surface area contributed by atoms with Crippen LogP contribution in [0.15, 0.2) is 42.5 Å². The minimum atomic E-state index is 0.522. The number of ether oxygens (including phenoxy) is 1. The van der Waals surface area contributed by atoms with E-state index in [2.05, 4.69) is 6.07 Å². The fourth-order valence-electron chi connectivity index (χ4n) is 1.55. The van der Waals surface area contributed by atoms with Gasteiger partial charge in [-0.3, -0.25) is 4.79 Å². The molecule has 0 aliphatic carbocycles. The Morgan fingerprint density at radius 3 is 2.71 bits per heavy atom. The van der Waals surface area contributed by atoms with Crippen LogP contribution in [0.1, 0.15) is 21.5 Å². The molecule has 0 aromatic heterocycles. The number of rotatable bonds is 4. The zero-order valence-corrected chi connectivity index (χ0v) is 9.64. The Morgan fingerprint density at radius 2 is 2.06 bits per heavy atom. The molecule has 85 valence electrons. The van der Waals surface area contributed by atoms with Crippen molar-refractivity contribution in [3.63, 3.8) is 0 Å². The highest BCUT2D eigenvalue weighted by Crippen LogP contribution is 2.16. The summed E-state index contributed by atoms with van der Waals surface area (Å²) in [6.45, 7) is 2.39. The summed E-state index contributed by atoms with van der Waals surface area (Å²) in [5.41, 5.74) is 2.58. The van der Waals surface area contributed by atoms with Crippen LogP contribution in [-0.4, -0.2) is 6.29 Å². The van der Waals surface area contributed by atoms with Crippen molar-refractivity contribution < 1.29 is 9.53 Å². The van der Waals surface area contributed by atoms with Gasteiger partial charge in [0.2, 0.25) is 0 Å². The minimum absolute atomic E-state index is 0.522. The Morgan fingerprint density at radius 1 is 1.29 bits per heavy atom. The first kappa shape index (κ1) is 11.4. The lowest BCUT2D eigenvalue weighted by Gasteiger charge is -2.07. The van der Waals surface area contributed by atoms with Gasteiger partial charge in [-0.15, -0.1) is 0 Å². The molecule has 2 aromatic rings. The molecule has 0 N–H and O–H groups in total. The summed E-state index contributed by atoms with van der Waals surface area (Å²) in [4.78, 5) is 10.6. The number of hydrogen-bond donors (Lipinski definition) is 0. The van der Waals surface area contributed by atoms with Crippen LogP contribution in [-0.2, 0) is 6.61 Å². The van der Waals surface area contributed by atoms with Gasteiger partial charge in [0.25, 0.3) is 0 Å². The first-order chi connectivity index (χ1) is 8.29. The van der Waals surface area contributed by atoms with E-state index in [-0.39, 0.29) is 0 Å². The zero-order chi connectivity index (χ0) is 12.1. The number of carbonyl (C=O) groups is 1. The molecule has 0 amide bonds. The van der Waals surface area contributed by atoms with Gasteiger partial charge >= 0.3 is 0 Å². The smallest absolute Gasteiger partial charge is 0.150 e. The lowest BCUT2D eigenvalue weighted by Crippen LogP contribution is -1.96. The van der Waals surface area contributed by atoms with Crippen molar-refractivity contribution in [3.8, 4) is 5.75 Å². The number of aldehydes is 1. The molecule has 0 fully saturated rings. The largest absolute Gasteiger partial charge is 0.489 e. The highest BCUT2D eigenvalue weighted by atomic mass is 16.5. The molecule has 2 aromatic carbocycles. The van der Waals surface area contributed by atoms with Gasteiger partial charge in [-0.1, -0.05) is 30.3 Å². The first-order valence-corrected chi connectivity index (χ1v) is 5.44. The van der Waals surface area contributed by atoms with E-state index < -0.39 is 0 Å². The molecule has 0 spiro atoms. The van der Waals surface area contributed by atoms with Gasteiger partial charge in [0.15, 0.2) is 6.29 Å². The van der Waals surface area contributed by atoms with Gasteiger partial charge in [0, 0.05) is 5.56 Å². The summed E-state index contributed by atoms with van der Waals surface area (Å²) < 4.78 is 5.63. The second kappa shape index (κ2) is 5.30. The predicted molar refractivity (Wildman–Crippen MR) is 66.2 cm³/mol. The SMILES string of the molecule is Cc1cc(OCc2ccccc2)c[c]c1C=O. The van der Waals surface area contributed by atoms with Crippen molar-refractivity contribution >= 4 is 6.29 Å². The summed E-state index contributed by atoms with van der Waals surface area (Å²) in [5, 5.41) is 0.